The fourth-order valence-corrected chi connectivity index (χ4v) is 4.54. The Bertz CT molecular complexity index is 919. The highest BCUT2D eigenvalue weighted by atomic mass is 19.1. The van der Waals surface area contributed by atoms with Gasteiger partial charge in [-0.1, -0.05) is 18.1 Å². The standard InChI is InChI=1S/C22H29F2N5O3/c23-15-5-7-17(24)19(11-15)26-22(31)25-18-8-6-16(32-21(18)13-30)9-10-29-12-20(27-28-29)14-3-1-2-4-14/h5,7,11-12,14,16,18,21,30H,1-4,6,8-10,13H2,(H2,25,26,31)/t16-,18+,21+/m1/s1. The molecule has 0 radical (unpaired) electrons. The monoisotopic (exact) mass is 449 g/mol. The van der Waals surface area contributed by atoms with E-state index in [2.05, 4.69) is 20.9 Å². The highest BCUT2D eigenvalue weighted by Gasteiger charge is 2.32. The number of urea groups is 1. The molecule has 2 aliphatic rings. The Morgan fingerprint density at radius 3 is 2.81 bits per heavy atom. The zero-order valence-electron chi connectivity index (χ0n) is 17.8. The highest BCUT2D eigenvalue weighted by molar-refractivity contribution is 5.89. The Kier molecular flexibility index (Phi) is 7.31. The first-order valence-electron chi connectivity index (χ1n) is 11.2. The number of nitrogens with one attached hydrogen (secondary N) is 2. The topological polar surface area (TPSA) is 101 Å². The summed E-state index contributed by atoms with van der Waals surface area (Å²) in [5.41, 5.74) is 0.813. The molecule has 2 fully saturated rings. The van der Waals surface area contributed by atoms with Crippen molar-refractivity contribution in [2.75, 3.05) is 11.9 Å². The highest BCUT2D eigenvalue weighted by Crippen LogP contribution is 2.32. The lowest BCUT2D eigenvalue weighted by Gasteiger charge is -2.36. The Labute approximate surface area is 185 Å². The van der Waals surface area contributed by atoms with Crippen LogP contribution < -0.4 is 10.6 Å². The molecule has 2 aromatic rings. The first kappa shape index (κ1) is 22.6. The second-order valence-electron chi connectivity index (χ2n) is 8.56. The Balaban J connectivity index is 1.25. The summed E-state index contributed by atoms with van der Waals surface area (Å²) in [6.07, 6.45) is 8.22. The number of carbonyl (C=O) groups is 1. The summed E-state index contributed by atoms with van der Waals surface area (Å²) in [7, 11) is 0. The van der Waals surface area contributed by atoms with Gasteiger partial charge in [-0.3, -0.25) is 4.68 Å². The SMILES string of the molecule is O=C(Nc1cc(F)ccc1F)N[C@H]1CC[C@H](CCn2cc(C3CCCC3)nn2)O[C@H]1CO. The number of benzene rings is 1. The third kappa shape index (κ3) is 5.60. The molecule has 1 aliphatic heterocycles. The average Bonchev–Trinajstić information content (AvgIpc) is 3.47. The van der Waals surface area contributed by atoms with E-state index in [0.29, 0.717) is 25.3 Å². The fraction of sp³-hybridized carbons (Fsp3) is 0.591. The van der Waals surface area contributed by atoms with E-state index in [1.807, 2.05) is 10.9 Å². The predicted molar refractivity (Wildman–Crippen MR) is 113 cm³/mol. The molecule has 3 N–H and O–H groups in total. The second kappa shape index (κ2) is 10.4. The zero-order valence-corrected chi connectivity index (χ0v) is 17.8. The van der Waals surface area contributed by atoms with Gasteiger partial charge in [-0.05, 0) is 44.2 Å². The van der Waals surface area contributed by atoms with Crippen molar-refractivity contribution in [2.24, 2.45) is 0 Å². The number of halogens is 2. The number of nitrogens with zero attached hydrogens (tertiary/aromatic N) is 3. The van der Waals surface area contributed by atoms with Gasteiger partial charge in [0.15, 0.2) is 0 Å². The molecule has 174 valence electrons. The van der Waals surface area contributed by atoms with E-state index < -0.39 is 29.8 Å². The molecule has 10 heteroatoms. The molecule has 4 rings (SSSR count). The van der Waals surface area contributed by atoms with Gasteiger partial charge in [-0.15, -0.1) is 5.10 Å². The molecular weight excluding hydrogens is 420 g/mol. The smallest absolute Gasteiger partial charge is 0.319 e. The summed E-state index contributed by atoms with van der Waals surface area (Å²) < 4.78 is 34.8. The minimum Gasteiger partial charge on any atom is -0.394 e. The van der Waals surface area contributed by atoms with Crippen LogP contribution in [0.2, 0.25) is 0 Å². The number of aliphatic hydroxyl groups excluding tert-OH is 1. The number of ether oxygens (including phenoxy) is 1. The molecule has 0 bridgehead atoms. The van der Waals surface area contributed by atoms with Crippen LogP contribution in [0.15, 0.2) is 24.4 Å². The number of hydrogen-bond donors (Lipinski definition) is 3. The molecule has 2 heterocycles. The van der Waals surface area contributed by atoms with Crippen LogP contribution in [0.3, 0.4) is 0 Å². The maximum absolute atomic E-state index is 13.7. The van der Waals surface area contributed by atoms with E-state index in [1.54, 1.807) is 0 Å². The van der Waals surface area contributed by atoms with Crippen molar-refractivity contribution >= 4 is 11.7 Å². The van der Waals surface area contributed by atoms with Crippen LogP contribution >= 0.6 is 0 Å². The summed E-state index contributed by atoms with van der Waals surface area (Å²) in [6, 6.07) is 1.72. The lowest BCUT2D eigenvalue weighted by molar-refractivity contribution is -0.0905. The summed E-state index contributed by atoms with van der Waals surface area (Å²) in [4.78, 5) is 12.2. The Morgan fingerprint density at radius 1 is 1.22 bits per heavy atom. The van der Waals surface area contributed by atoms with Gasteiger partial charge < -0.3 is 20.5 Å². The lowest BCUT2D eigenvalue weighted by Crippen LogP contribution is -2.52. The number of aliphatic hydroxyl groups is 1. The van der Waals surface area contributed by atoms with Gasteiger partial charge in [0.05, 0.1) is 30.1 Å². The van der Waals surface area contributed by atoms with Crippen molar-refractivity contribution in [3.63, 3.8) is 0 Å². The molecule has 32 heavy (non-hydrogen) atoms. The number of aryl methyl sites for hydroxylation is 1. The number of hydrogen-bond acceptors (Lipinski definition) is 5. The largest absolute Gasteiger partial charge is 0.394 e. The molecule has 1 aliphatic carbocycles. The molecule has 1 saturated carbocycles. The van der Waals surface area contributed by atoms with E-state index in [-0.39, 0.29) is 18.4 Å². The van der Waals surface area contributed by atoms with Gasteiger partial charge >= 0.3 is 6.03 Å². The average molecular weight is 450 g/mol. The van der Waals surface area contributed by atoms with Crippen LogP contribution in [-0.2, 0) is 11.3 Å². The van der Waals surface area contributed by atoms with Crippen molar-refractivity contribution in [1.29, 1.82) is 0 Å². The van der Waals surface area contributed by atoms with Crippen molar-refractivity contribution in [2.45, 2.75) is 75.7 Å². The van der Waals surface area contributed by atoms with Crippen LogP contribution in [0, 0.1) is 11.6 Å². The summed E-state index contributed by atoms with van der Waals surface area (Å²) in [5.74, 6) is -0.863. The van der Waals surface area contributed by atoms with Crippen LogP contribution in [0.1, 0.15) is 56.6 Å². The predicted octanol–water partition coefficient (Wildman–Crippen LogP) is 3.33. The molecule has 1 aromatic carbocycles. The third-order valence-electron chi connectivity index (χ3n) is 6.30. The van der Waals surface area contributed by atoms with Crippen molar-refractivity contribution in [1.82, 2.24) is 20.3 Å². The van der Waals surface area contributed by atoms with Crippen LogP contribution in [0.4, 0.5) is 19.3 Å². The van der Waals surface area contributed by atoms with Gasteiger partial charge in [0.25, 0.3) is 0 Å². The maximum Gasteiger partial charge on any atom is 0.319 e. The van der Waals surface area contributed by atoms with Gasteiger partial charge in [0, 0.05) is 24.7 Å². The molecule has 3 atom stereocenters. The van der Waals surface area contributed by atoms with Crippen molar-refractivity contribution in [3.8, 4) is 0 Å². The zero-order chi connectivity index (χ0) is 22.5. The van der Waals surface area contributed by atoms with Crippen LogP contribution in [0.25, 0.3) is 0 Å². The summed E-state index contributed by atoms with van der Waals surface area (Å²) in [5, 5.41) is 23.3. The normalized spacial score (nSPS) is 23.9. The van der Waals surface area contributed by atoms with E-state index in [4.69, 9.17) is 4.74 Å². The summed E-state index contributed by atoms with van der Waals surface area (Å²) >= 11 is 0. The molecule has 2 amide bonds. The van der Waals surface area contributed by atoms with E-state index in [0.717, 1.165) is 30.3 Å². The molecule has 0 spiro atoms. The van der Waals surface area contributed by atoms with E-state index >= 15 is 0 Å². The van der Waals surface area contributed by atoms with Crippen LogP contribution in [0.5, 0.6) is 0 Å². The second-order valence-corrected chi connectivity index (χ2v) is 8.56. The molecule has 1 aromatic heterocycles. The van der Waals surface area contributed by atoms with Crippen LogP contribution in [-0.4, -0.2) is 51.0 Å². The minimum absolute atomic E-state index is 0.0759. The molecular formula is C22H29F2N5O3. The van der Waals surface area contributed by atoms with Crippen molar-refractivity contribution in [3.05, 3.63) is 41.7 Å². The molecule has 8 nitrogen and oxygen atoms in total. The van der Waals surface area contributed by atoms with E-state index in [9.17, 15) is 18.7 Å². The Morgan fingerprint density at radius 2 is 2.03 bits per heavy atom. The van der Waals surface area contributed by atoms with E-state index in [1.165, 1.54) is 25.7 Å². The minimum atomic E-state index is -0.732. The van der Waals surface area contributed by atoms with Gasteiger partial charge in [-0.25, -0.2) is 13.6 Å². The maximum atomic E-state index is 13.7. The number of rotatable bonds is 7. The fourth-order valence-electron chi connectivity index (χ4n) is 4.54. The number of anilines is 1. The third-order valence-corrected chi connectivity index (χ3v) is 6.30. The van der Waals surface area contributed by atoms with Gasteiger partial charge in [0.1, 0.15) is 17.7 Å². The van der Waals surface area contributed by atoms with Gasteiger partial charge in [-0.2, -0.15) is 0 Å². The molecule has 0 unspecified atom stereocenters. The number of amides is 2. The lowest BCUT2D eigenvalue weighted by atomic mass is 9.97. The van der Waals surface area contributed by atoms with Gasteiger partial charge in [0.2, 0.25) is 0 Å². The quantitative estimate of drug-likeness (QED) is 0.602. The van der Waals surface area contributed by atoms with Crippen molar-refractivity contribution < 1.29 is 23.4 Å². The summed E-state index contributed by atoms with van der Waals surface area (Å²) in [6.45, 7) is 0.408. The Hall–Kier alpha value is -2.59. The number of carbonyl (C=O) groups excluding carboxylic acids is 1. The first-order chi connectivity index (χ1) is 15.5. The number of aromatic nitrogens is 3. The first-order valence-corrected chi connectivity index (χ1v) is 11.2. The molecule has 1 saturated heterocycles.